The highest BCUT2D eigenvalue weighted by Crippen LogP contribution is 2.39. The molecule has 1 fully saturated rings. The molecule has 0 bridgehead atoms. The number of carbonyl (C=O) groups is 1. The van der Waals surface area contributed by atoms with Gasteiger partial charge in [0.15, 0.2) is 0 Å². The Morgan fingerprint density at radius 2 is 2.03 bits per heavy atom. The second-order valence-electron chi connectivity index (χ2n) is 7.99. The van der Waals surface area contributed by atoms with Crippen LogP contribution in [0.15, 0.2) is 53.2 Å². The first-order valence-electron chi connectivity index (χ1n) is 10.5. The Morgan fingerprint density at radius 3 is 2.81 bits per heavy atom. The van der Waals surface area contributed by atoms with Crippen LogP contribution in [0.1, 0.15) is 46.3 Å². The van der Waals surface area contributed by atoms with Crippen molar-refractivity contribution < 1.29 is 14.1 Å². The van der Waals surface area contributed by atoms with E-state index in [0.29, 0.717) is 40.3 Å². The van der Waals surface area contributed by atoms with Crippen molar-refractivity contribution >= 4 is 11.6 Å². The zero-order chi connectivity index (χ0) is 22.2. The van der Waals surface area contributed by atoms with Crippen molar-refractivity contribution in [3.8, 4) is 22.8 Å². The van der Waals surface area contributed by atoms with Crippen LogP contribution in [0.4, 0.5) is 5.69 Å². The molecule has 2 aromatic carbocycles. The topological polar surface area (TPSA) is 95.1 Å². The van der Waals surface area contributed by atoms with Crippen molar-refractivity contribution in [1.29, 1.82) is 0 Å². The van der Waals surface area contributed by atoms with Crippen molar-refractivity contribution in [2.24, 2.45) is 0 Å². The fourth-order valence-electron chi connectivity index (χ4n) is 3.55. The van der Waals surface area contributed by atoms with Gasteiger partial charge in [0, 0.05) is 29.4 Å². The van der Waals surface area contributed by atoms with Crippen molar-refractivity contribution in [3.05, 3.63) is 71.4 Å². The standard InChI is InChI=1S/C24H23N5O3/c1-14-7-8-17(22-26-24(32-28-22)16-9-10-16)11-21(14)29-13-20(15(2)27-29)23(30)25-18-5-4-6-19(12-18)31-3/h4-8,11-13,16H,9-10H2,1-3H3,(H,25,30). The van der Waals surface area contributed by atoms with Crippen LogP contribution in [0.3, 0.4) is 0 Å². The van der Waals surface area contributed by atoms with Crippen molar-refractivity contribution in [2.75, 3.05) is 12.4 Å². The van der Waals surface area contributed by atoms with Crippen LogP contribution < -0.4 is 10.1 Å². The van der Waals surface area contributed by atoms with Crippen LogP contribution in [0.5, 0.6) is 5.75 Å². The third-order valence-corrected chi connectivity index (χ3v) is 5.55. The molecule has 1 saturated carbocycles. The molecule has 2 heterocycles. The van der Waals surface area contributed by atoms with Gasteiger partial charge in [-0.1, -0.05) is 23.4 Å². The number of hydrogen-bond acceptors (Lipinski definition) is 6. The van der Waals surface area contributed by atoms with E-state index < -0.39 is 0 Å². The number of carbonyl (C=O) groups excluding carboxylic acids is 1. The zero-order valence-electron chi connectivity index (χ0n) is 18.1. The van der Waals surface area contributed by atoms with Crippen LogP contribution >= 0.6 is 0 Å². The highest BCUT2D eigenvalue weighted by atomic mass is 16.5. The maximum Gasteiger partial charge on any atom is 0.259 e. The maximum atomic E-state index is 12.9. The van der Waals surface area contributed by atoms with E-state index in [9.17, 15) is 4.79 Å². The van der Waals surface area contributed by atoms with Gasteiger partial charge in [-0.3, -0.25) is 4.79 Å². The summed E-state index contributed by atoms with van der Waals surface area (Å²) >= 11 is 0. The number of anilines is 1. The monoisotopic (exact) mass is 429 g/mol. The molecule has 1 aliphatic rings. The van der Waals surface area contributed by atoms with Crippen LogP contribution in [0.2, 0.25) is 0 Å². The number of hydrogen-bond donors (Lipinski definition) is 1. The lowest BCUT2D eigenvalue weighted by molar-refractivity contribution is 0.102. The molecule has 0 radical (unpaired) electrons. The first-order valence-corrected chi connectivity index (χ1v) is 10.5. The van der Waals surface area contributed by atoms with Gasteiger partial charge in [-0.05, 0) is 50.5 Å². The van der Waals surface area contributed by atoms with Crippen molar-refractivity contribution in [3.63, 3.8) is 0 Å². The minimum Gasteiger partial charge on any atom is -0.497 e. The number of methoxy groups -OCH3 is 1. The number of amides is 1. The summed E-state index contributed by atoms with van der Waals surface area (Å²) in [6.07, 6.45) is 3.95. The molecule has 0 unspecified atom stereocenters. The van der Waals surface area contributed by atoms with E-state index in [-0.39, 0.29) is 5.91 Å². The summed E-state index contributed by atoms with van der Waals surface area (Å²) in [4.78, 5) is 17.4. The third kappa shape index (κ3) is 3.87. The molecule has 4 aromatic rings. The Balaban J connectivity index is 1.42. The molecule has 0 spiro atoms. The summed E-state index contributed by atoms with van der Waals surface area (Å²) in [5, 5.41) is 11.6. The molecule has 0 saturated heterocycles. The van der Waals surface area contributed by atoms with Gasteiger partial charge in [0.1, 0.15) is 5.75 Å². The highest BCUT2D eigenvalue weighted by Gasteiger charge is 2.29. The van der Waals surface area contributed by atoms with E-state index in [1.54, 1.807) is 24.1 Å². The van der Waals surface area contributed by atoms with E-state index in [1.165, 1.54) is 0 Å². The molecule has 0 aliphatic heterocycles. The number of nitrogens with one attached hydrogen (secondary N) is 1. The van der Waals surface area contributed by atoms with E-state index in [1.807, 2.05) is 50.2 Å². The molecule has 162 valence electrons. The lowest BCUT2D eigenvalue weighted by Gasteiger charge is -2.07. The second kappa shape index (κ2) is 7.96. The van der Waals surface area contributed by atoms with Gasteiger partial charge in [-0.25, -0.2) is 4.68 Å². The van der Waals surface area contributed by atoms with Gasteiger partial charge in [0.25, 0.3) is 5.91 Å². The SMILES string of the molecule is COc1cccc(NC(=O)c2cn(-c3cc(-c4noc(C5CC5)n4)ccc3C)nc2C)c1. The fraction of sp³-hybridized carbons (Fsp3) is 0.250. The van der Waals surface area contributed by atoms with Gasteiger partial charge in [-0.15, -0.1) is 0 Å². The van der Waals surface area contributed by atoms with Crippen molar-refractivity contribution in [2.45, 2.75) is 32.6 Å². The minimum atomic E-state index is -0.233. The molecule has 8 heteroatoms. The van der Waals surface area contributed by atoms with Gasteiger partial charge >= 0.3 is 0 Å². The van der Waals surface area contributed by atoms with Gasteiger partial charge in [-0.2, -0.15) is 10.1 Å². The average Bonchev–Trinajstić information content (AvgIpc) is 3.39. The average molecular weight is 429 g/mol. The summed E-state index contributed by atoms with van der Waals surface area (Å²) in [6.45, 7) is 3.81. The van der Waals surface area contributed by atoms with E-state index >= 15 is 0 Å². The minimum absolute atomic E-state index is 0.233. The van der Waals surface area contributed by atoms with E-state index in [4.69, 9.17) is 9.26 Å². The van der Waals surface area contributed by atoms with E-state index in [0.717, 1.165) is 29.7 Å². The van der Waals surface area contributed by atoms with Crippen LogP contribution in [-0.2, 0) is 0 Å². The predicted octanol–water partition coefficient (Wildman–Crippen LogP) is 4.68. The number of ether oxygens (including phenoxy) is 1. The molecular weight excluding hydrogens is 406 g/mol. The number of nitrogens with zero attached hydrogens (tertiary/aromatic N) is 4. The first-order chi connectivity index (χ1) is 15.5. The van der Waals surface area contributed by atoms with Gasteiger partial charge in [0.05, 0.1) is 24.1 Å². The van der Waals surface area contributed by atoms with Gasteiger partial charge < -0.3 is 14.6 Å². The summed E-state index contributed by atoms with van der Waals surface area (Å²) in [5.74, 6) is 2.11. The smallest absolute Gasteiger partial charge is 0.259 e. The predicted molar refractivity (Wildman–Crippen MR) is 119 cm³/mol. The molecule has 2 aromatic heterocycles. The van der Waals surface area contributed by atoms with E-state index in [2.05, 4.69) is 20.6 Å². The Bertz CT molecular complexity index is 1300. The Morgan fingerprint density at radius 1 is 1.19 bits per heavy atom. The zero-order valence-corrected chi connectivity index (χ0v) is 18.1. The molecule has 32 heavy (non-hydrogen) atoms. The summed E-state index contributed by atoms with van der Waals surface area (Å²) in [6, 6.07) is 13.2. The Labute approximate surface area is 185 Å². The molecule has 5 rings (SSSR count). The number of rotatable bonds is 6. The molecule has 0 atom stereocenters. The van der Waals surface area contributed by atoms with Gasteiger partial charge in [0.2, 0.25) is 11.7 Å². The molecular formula is C24H23N5O3. The Hall–Kier alpha value is -3.94. The molecule has 1 amide bonds. The quantitative estimate of drug-likeness (QED) is 0.478. The molecule has 8 nitrogen and oxygen atoms in total. The lowest BCUT2D eigenvalue weighted by Crippen LogP contribution is -2.12. The van der Waals surface area contributed by atoms with Crippen LogP contribution in [0.25, 0.3) is 17.1 Å². The summed E-state index contributed by atoms with van der Waals surface area (Å²) in [7, 11) is 1.59. The van der Waals surface area contributed by atoms with Crippen LogP contribution in [-0.4, -0.2) is 32.9 Å². The van der Waals surface area contributed by atoms with Crippen molar-refractivity contribution in [1.82, 2.24) is 19.9 Å². The molecule has 1 N–H and O–H groups in total. The summed E-state index contributed by atoms with van der Waals surface area (Å²) < 4.78 is 12.3. The van der Waals surface area contributed by atoms with Crippen LogP contribution in [0, 0.1) is 13.8 Å². The molecule has 1 aliphatic carbocycles. The fourth-order valence-corrected chi connectivity index (χ4v) is 3.55. The largest absolute Gasteiger partial charge is 0.497 e. The maximum absolute atomic E-state index is 12.9. The normalized spacial score (nSPS) is 13.2. The number of aromatic nitrogens is 4. The third-order valence-electron chi connectivity index (χ3n) is 5.55. The first kappa shape index (κ1) is 20.0. The summed E-state index contributed by atoms with van der Waals surface area (Å²) in [5.41, 5.74) is 4.49. The lowest BCUT2D eigenvalue weighted by atomic mass is 10.1. The second-order valence-corrected chi connectivity index (χ2v) is 7.99. The Kier molecular flexibility index (Phi) is 4.97. The number of benzene rings is 2. The number of aryl methyl sites for hydroxylation is 2. The highest BCUT2D eigenvalue weighted by molar-refractivity contribution is 6.05.